The van der Waals surface area contributed by atoms with Crippen LogP contribution in [0.2, 0.25) is 0 Å². The summed E-state index contributed by atoms with van der Waals surface area (Å²) in [7, 11) is 0. The normalized spacial score (nSPS) is 9.33. The first-order valence-corrected chi connectivity index (χ1v) is 5.48. The molecule has 0 unspecified atom stereocenters. The van der Waals surface area contributed by atoms with Crippen LogP contribution in [0.5, 0.6) is 0 Å². The molecule has 1 heterocycles. The van der Waals surface area contributed by atoms with Crippen LogP contribution < -0.4 is 0 Å². The molecule has 0 saturated carbocycles. The van der Waals surface area contributed by atoms with Crippen molar-refractivity contribution in [3.8, 4) is 5.69 Å². The molecule has 0 atom stereocenters. The van der Waals surface area contributed by atoms with Gasteiger partial charge in [0.2, 0.25) is 0 Å². The Morgan fingerprint density at radius 1 is 0.933 bits per heavy atom. The van der Waals surface area contributed by atoms with Gasteiger partial charge in [-0.25, -0.2) is 0 Å². The Bertz CT molecular complexity index is 399. The molecule has 1 heteroatoms. The van der Waals surface area contributed by atoms with Crippen LogP contribution in [0, 0.1) is 13.8 Å². The van der Waals surface area contributed by atoms with Gasteiger partial charge in [-0.1, -0.05) is 31.5 Å². The van der Waals surface area contributed by atoms with Gasteiger partial charge in [0.05, 0.1) is 0 Å². The molecule has 1 nitrogen and oxygen atoms in total. The van der Waals surface area contributed by atoms with E-state index in [9.17, 15) is 0 Å². The van der Waals surface area contributed by atoms with Crippen molar-refractivity contribution in [1.82, 2.24) is 4.57 Å². The van der Waals surface area contributed by atoms with Crippen molar-refractivity contribution in [2.24, 2.45) is 0 Å². The van der Waals surface area contributed by atoms with E-state index in [1.165, 1.54) is 16.8 Å². The maximum Gasteiger partial charge on any atom is 0.0478 e. The van der Waals surface area contributed by atoms with E-state index in [2.05, 4.69) is 49.0 Å². The minimum atomic E-state index is 1.26. The van der Waals surface area contributed by atoms with E-state index in [1.54, 1.807) is 0 Å². The number of hydrogen-bond acceptors (Lipinski definition) is 0. The fourth-order valence-corrected chi connectivity index (χ4v) is 1.59. The first-order valence-electron chi connectivity index (χ1n) is 5.48. The molecule has 0 spiro atoms. The van der Waals surface area contributed by atoms with E-state index in [1.807, 2.05) is 26.0 Å². The van der Waals surface area contributed by atoms with Gasteiger partial charge >= 0.3 is 0 Å². The zero-order chi connectivity index (χ0) is 11.3. The van der Waals surface area contributed by atoms with Gasteiger partial charge in [0, 0.05) is 18.1 Å². The van der Waals surface area contributed by atoms with Crippen LogP contribution in [0.15, 0.2) is 42.7 Å². The monoisotopic (exact) mass is 201 g/mol. The Labute approximate surface area is 92.4 Å². The third-order valence-electron chi connectivity index (χ3n) is 2.23. The van der Waals surface area contributed by atoms with Crippen LogP contribution in [0.1, 0.15) is 25.0 Å². The van der Waals surface area contributed by atoms with Crippen molar-refractivity contribution >= 4 is 0 Å². The molecule has 0 N–H and O–H groups in total. The first-order chi connectivity index (χ1) is 7.27. The predicted molar refractivity (Wildman–Crippen MR) is 66.6 cm³/mol. The molecule has 2 aromatic rings. The van der Waals surface area contributed by atoms with Crippen molar-refractivity contribution in [2.45, 2.75) is 27.7 Å². The second kappa shape index (κ2) is 5.40. The summed E-state index contributed by atoms with van der Waals surface area (Å²) in [5.74, 6) is 0. The summed E-state index contributed by atoms with van der Waals surface area (Å²) in [4.78, 5) is 0. The van der Waals surface area contributed by atoms with Crippen LogP contribution in [-0.2, 0) is 0 Å². The lowest BCUT2D eigenvalue weighted by molar-refractivity contribution is 1.06. The number of rotatable bonds is 1. The molecule has 1 aromatic carbocycles. The number of hydrogen-bond donors (Lipinski definition) is 0. The highest BCUT2D eigenvalue weighted by atomic mass is 14.9. The van der Waals surface area contributed by atoms with Gasteiger partial charge in [-0.3, -0.25) is 0 Å². The molecule has 15 heavy (non-hydrogen) atoms. The molecule has 0 amide bonds. The van der Waals surface area contributed by atoms with E-state index in [4.69, 9.17) is 0 Å². The highest BCUT2D eigenvalue weighted by Gasteiger charge is 1.98. The van der Waals surface area contributed by atoms with Crippen molar-refractivity contribution in [2.75, 3.05) is 0 Å². The third-order valence-corrected chi connectivity index (χ3v) is 2.23. The third kappa shape index (κ3) is 2.72. The molecule has 2 rings (SSSR count). The van der Waals surface area contributed by atoms with E-state index in [-0.39, 0.29) is 0 Å². The Hall–Kier alpha value is -1.50. The Balaban J connectivity index is 0.000000531. The van der Waals surface area contributed by atoms with Crippen molar-refractivity contribution in [3.63, 3.8) is 0 Å². The average Bonchev–Trinajstić information content (AvgIpc) is 2.74. The molecule has 0 aliphatic rings. The Morgan fingerprint density at radius 2 is 1.53 bits per heavy atom. The molecule has 0 aliphatic carbocycles. The van der Waals surface area contributed by atoms with E-state index < -0.39 is 0 Å². The predicted octanol–water partition coefficient (Wildman–Crippen LogP) is 4.12. The van der Waals surface area contributed by atoms with Crippen molar-refractivity contribution in [3.05, 3.63) is 53.9 Å². The average molecular weight is 201 g/mol. The summed E-state index contributed by atoms with van der Waals surface area (Å²) in [5.41, 5.74) is 3.89. The first kappa shape index (κ1) is 11.6. The molecule has 0 aliphatic heterocycles. The van der Waals surface area contributed by atoms with Crippen LogP contribution >= 0.6 is 0 Å². The molecule has 0 saturated heterocycles. The largest absolute Gasteiger partial charge is 0.324 e. The molecular weight excluding hydrogens is 182 g/mol. The van der Waals surface area contributed by atoms with Crippen molar-refractivity contribution in [1.29, 1.82) is 0 Å². The lowest BCUT2D eigenvalue weighted by Crippen LogP contribution is -1.93. The van der Waals surface area contributed by atoms with E-state index in [0.29, 0.717) is 0 Å². The fraction of sp³-hybridized carbons (Fsp3) is 0.286. The Morgan fingerprint density at radius 3 is 2.07 bits per heavy atom. The standard InChI is InChI=1S/C12H13N.C2H6/c1-10-5-6-12(11(2)9-10)13-7-3-4-8-13;1-2/h3-9H,1-2H3;1-2H3. The van der Waals surface area contributed by atoms with Crippen LogP contribution in [0.4, 0.5) is 0 Å². The van der Waals surface area contributed by atoms with Crippen molar-refractivity contribution < 1.29 is 0 Å². The summed E-state index contributed by atoms with van der Waals surface area (Å²) < 4.78 is 2.13. The molecular formula is C14H19N. The summed E-state index contributed by atoms with van der Waals surface area (Å²) in [5, 5.41) is 0. The van der Waals surface area contributed by atoms with Gasteiger partial charge in [-0.2, -0.15) is 0 Å². The molecule has 0 radical (unpaired) electrons. The van der Waals surface area contributed by atoms with Gasteiger partial charge in [0.25, 0.3) is 0 Å². The number of nitrogens with zero attached hydrogens (tertiary/aromatic N) is 1. The van der Waals surface area contributed by atoms with Gasteiger partial charge in [-0.05, 0) is 37.6 Å². The topological polar surface area (TPSA) is 4.93 Å². The minimum Gasteiger partial charge on any atom is -0.324 e. The maximum atomic E-state index is 2.20. The summed E-state index contributed by atoms with van der Waals surface area (Å²) in [6.45, 7) is 8.26. The van der Waals surface area contributed by atoms with Crippen LogP contribution in [0.3, 0.4) is 0 Å². The maximum absolute atomic E-state index is 2.20. The van der Waals surface area contributed by atoms with Crippen LogP contribution in [0.25, 0.3) is 5.69 Å². The highest BCUT2D eigenvalue weighted by molar-refractivity contribution is 5.42. The van der Waals surface area contributed by atoms with Gasteiger partial charge in [0.1, 0.15) is 0 Å². The fourth-order valence-electron chi connectivity index (χ4n) is 1.59. The molecule has 0 fully saturated rings. The van der Waals surface area contributed by atoms with Gasteiger partial charge in [0.15, 0.2) is 0 Å². The van der Waals surface area contributed by atoms with Gasteiger partial charge in [-0.15, -0.1) is 0 Å². The lowest BCUT2D eigenvalue weighted by atomic mass is 10.1. The number of benzene rings is 1. The zero-order valence-corrected chi connectivity index (χ0v) is 9.99. The second-order valence-corrected chi connectivity index (χ2v) is 3.38. The summed E-state index contributed by atoms with van der Waals surface area (Å²) in [6.07, 6.45) is 4.13. The highest BCUT2D eigenvalue weighted by Crippen LogP contribution is 2.15. The Kier molecular flexibility index (Phi) is 4.17. The molecule has 80 valence electrons. The van der Waals surface area contributed by atoms with E-state index in [0.717, 1.165) is 0 Å². The zero-order valence-electron chi connectivity index (χ0n) is 9.99. The SMILES string of the molecule is CC.Cc1ccc(-n2cccc2)c(C)c1. The molecule has 1 aromatic heterocycles. The lowest BCUT2D eigenvalue weighted by Gasteiger charge is -2.07. The quantitative estimate of drug-likeness (QED) is 0.654. The number of aromatic nitrogens is 1. The second-order valence-electron chi connectivity index (χ2n) is 3.38. The van der Waals surface area contributed by atoms with E-state index >= 15 is 0 Å². The summed E-state index contributed by atoms with van der Waals surface area (Å²) in [6, 6.07) is 10.6. The molecule has 0 bridgehead atoms. The summed E-state index contributed by atoms with van der Waals surface area (Å²) >= 11 is 0. The smallest absolute Gasteiger partial charge is 0.0478 e. The van der Waals surface area contributed by atoms with Crippen LogP contribution in [-0.4, -0.2) is 4.57 Å². The number of aryl methyl sites for hydroxylation is 2. The van der Waals surface area contributed by atoms with Gasteiger partial charge < -0.3 is 4.57 Å². The minimum absolute atomic E-state index is 1.26.